The Kier molecular flexibility index (Phi) is 5.50. The lowest BCUT2D eigenvalue weighted by Gasteiger charge is -2.36. The van der Waals surface area contributed by atoms with Crippen LogP contribution in [0.3, 0.4) is 0 Å². The highest BCUT2D eigenvalue weighted by Gasteiger charge is 2.30. The number of anilines is 3. The lowest BCUT2D eigenvalue weighted by molar-refractivity contribution is 0.0746. The molecular weight excluding hydrogens is 400 g/mol. The molecule has 2 aliphatic rings. The SMILES string of the molecule is O=C(c1cccc2c1CCN2C(=O)Nc1ccccc1)N1CCN(c2ccccc2)CC1. The Labute approximate surface area is 188 Å². The minimum Gasteiger partial charge on any atom is -0.368 e. The molecule has 1 saturated heterocycles. The van der Waals surface area contributed by atoms with Crippen molar-refractivity contribution in [1.82, 2.24) is 4.90 Å². The van der Waals surface area contributed by atoms with E-state index in [1.165, 1.54) is 5.69 Å². The van der Waals surface area contributed by atoms with Gasteiger partial charge < -0.3 is 15.1 Å². The van der Waals surface area contributed by atoms with E-state index in [0.29, 0.717) is 31.6 Å². The van der Waals surface area contributed by atoms with Gasteiger partial charge in [-0.25, -0.2) is 4.79 Å². The van der Waals surface area contributed by atoms with Gasteiger partial charge in [-0.15, -0.1) is 0 Å². The number of amides is 3. The maximum atomic E-state index is 13.4. The smallest absolute Gasteiger partial charge is 0.326 e. The Bertz CT molecular complexity index is 1110. The van der Waals surface area contributed by atoms with Crippen LogP contribution in [0, 0.1) is 0 Å². The molecule has 6 nitrogen and oxygen atoms in total. The summed E-state index contributed by atoms with van der Waals surface area (Å²) in [5.41, 5.74) is 4.46. The highest BCUT2D eigenvalue weighted by molar-refractivity contribution is 6.05. The second-order valence-corrected chi connectivity index (χ2v) is 8.12. The molecule has 0 bridgehead atoms. The first-order valence-electron chi connectivity index (χ1n) is 11.1. The summed E-state index contributed by atoms with van der Waals surface area (Å²) in [6, 6.07) is 25.3. The van der Waals surface area contributed by atoms with Crippen molar-refractivity contribution in [3.05, 3.63) is 90.0 Å². The van der Waals surface area contributed by atoms with Crippen molar-refractivity contribution in [2.24, 2.45) is 0 Å². The number of hydrogen-bond acceptors (Lipinski definition) is 3. The Morgan fingerprint density at radius 3 is 2.12 bits per heavy atom. The Morgan fingerprint density at radius 1 is 0.719 bits per heavy atom. The van der Waals surface area contributed by atoms with Crippen LogP contribution < -0.4 is 15.1 Å². The Balaban J connectivity index is 1.29. The van der Waals surface area contributed by atoms with E-state index in [1.807, 2.05) is 71.6 Å². The van der Waals surface area contributed by atoms with Gasteiger partial charge >= 0.3 is 6.03 Å². The number of para-hydroxylation sites is 2. The van der Waals surface area contributed by atoms with Gasteiger partial charge in [0, 0.05) is 55.3 Å². The second kappa shape index (κ2) is 8.75. The van der Waals surface area contributed by atoms with Gasteiger partial charge in [0.15, 0.2) is 0 Å². The van der Waals surface area contributed by atoms with Gasteiger partial charge in [-0.3, -0.25) is 9.69 Å². The van der Waals surface area contributed by atoms with E-state index in [1.54, 1.807) is 4.90 Å². The minimum atomic E-state index is -0.170. The molecule has 162 valence electrons. The van der Waals surface area contributed by atoms with Crippen LogP contribution in [0.1, 0.15) is 15.9 Å². The zero-order valence-corrected chi connectivity index (χ0v) is 17.9. The number of fused-ring (bicyclic) bond motifs is 1. The summed E-state index contributed by atoms with van der Waals surface area (Å²) in [5, 5.41) is 2.94. The first kappa shape index (κ1) is 20.1. The van der Waals surface area contributed by atoms with Crippen molar-refractivity contribution in [3.63, 3.8) is 0 Å². The molecule has 5 rings (SSSR count). The van der Waals surface area contributed by atoms with Gasteiger partial charge in [0.2, 0.25) is 0 Å². The number of carbonyl (C=O) groups excluding carboxylic acids is 2. The summed E-state index contributed by atoms with van der Waals surface area (Å²) < 4.78 is 0. The van der Waals surface area contributed by atoms with Crippen LogP contribution in [0.15, 0.2) is 78.9 Å². The van der Waals surface area contributed by atoms with Crippen LogP contribution in [0.25, 0.3) is 0 Å². The molecule has 2 aliphatic heterocycles. The maximum absolute atomic E-state index is 13.4. The van der Waals surface area contributed by atoms with Crippen molar-refractivity contribution in [2.75, 3.05) is 47.8 Å². The van der Waals surface area contributed by atoms with E-state index >= 15 is 0 Å². The molecule has 32 heavy (non-hydrogen) atoms. The zero-order valence-electron chi connectivity index (χ0n) is 17.9. The third kappa shape index (κ3) is 3.91. The Morgan fingerprint density at radius 2 is 1.41 bits per heavy atom. The normalized spacial score (nSPS) is 15.4. The molecule has 0 atom stereocenters. The fourth-order valence-electron chi connectivity index (χ4n) is 4.53. The quantitative estimate of drug-likeness (QED) is 0.682. The number of hydrogen-bond donors (Lipinski definition) is 1. The topological polar surface area (TPSA) is 55.9 Å². The summed E-state index contributed by atoms with van der Waals surface area (Å²) in [6.07, 6.45) is 0.684. The number of carbonyl (C=O) groups is 2. The van der Waals surface area contributed by atoms with Gasteiger partial charge in [0.05, 0.1) is 0 Å². The monoisotopic (exact) mass is 426 g/mol. The fraction of sp³-hybridized carbons (Fsp3) is 0.231. The van der Waals surface area contributed by atoms with E-state index in [0.717, 1.165) is 30.0 Å². The summed E-state index contributed by atoms with van der Waals surface area (Å²) >= 11 is 0. The molecule has 3 aromatic rings. The molecule has 6 heteroatoms. The van der Waals surface area contributed by atoms with E-state index in [4.69, 9.17) is 0 Å². The number of nitrogens with zero attached hydrogens (tertiary/aromatic N) is 3. The maximum Gasteiger partial charge on any atom is 0.326 e. The lowest BCUT2D eigenvalue weighted by Crippen LogP contribution is -2.49. The largest absolute Gasteiger partial charge is 0.368 e. The van der Waals surface area contributed by atoms with Crippen LogP contribution in [0.5, 0.6) is 0 Å². The van der Waals surface area contributed by atoms with Crippen LogP contribution in [0.2, 0.25) is 0 Å². The van der Waals surface area contributed by atoms with Crippen molar-refractivity contribution in [1.29, 1.82) is 0 Å². The van der Waals surface area contributed by atoms with E-state index in [-0.39, 0.29) is 11.9 Å². The van der Waals surface area contributed by atoms with Gasteiger partial charge in [-0.2, -0.15) is 0 Å². The average Bonchev–Trinajstić information content (AvgIpc) is 3.29. The first-order chi connectivity index (χ1) is 15.7. The Hall–Kier alpha value is -3.80. The van der Waals surface area contributed by atoms with E-state index in [9.17, 15) is 9.59 Å². The highest BCUT2D eigenvalue weighted by Crippen LogP contribution is 2.32. The average molecular weight is 427 g/mol. The molecule has 0 unspecified atom stereocenters. The summed E-state index contributed by atoms with van der Waals surface area (Å²) in [7, 11) is 0. The van der Waals surface area contributed by atoms with Gasteiger partial charge in [-0.05, 0) is 48.4 Å². The summed E-state index contributed by atoms with van der Waals surface area (Å²) in [4.78, 5) is 32.2. The highest BCUT2D eigenvalue weighted by atomic mass is 16.2. The molecule has 0 spiro atoms. The predicted octanol–water partition coefficient (Wildman–Crippen LogP) is 4.24. The number of urea groups is 1. The number of rotatable bonds is 3. The molecule has 0 radical (unpaired) electrons. The molecule has 0 aliphatic carbocycles. The van der Waals surface area contributed by atoms with Crippen LogP contribution in [-0.4, -0.2) is 49.6 Å². The molecule has 1 N–H and O–H groups in total. The van der Waals surface area contributed by atoms with E-state index < -0.39 is 0 Å². The third-order valence-electron chi connectivity index (χ3n) is 6.22. The molecule has 0 aromatic heterocycles. The van der Waals surface area contributed by atoms with Gasteiger partial charge in [-0.1, -0.05) is 42.5 Å². The van der Waals surface area contributed by atoms with Crippen LogP contribution in [-0.2, 0) is 6.42 Å². The first-order valence-corrected chi connectivity index (χ1v) is 11.1. The van der Waals surface area contributed by atoms with Crippen molar-refractivity contribution in [3.8, 4) is 0 Å². The minimum absolute atomic E-state index is 0.0554. The van der Waals surface area contributed by atoms with Crippen LogP contribution >= 0.6 is 0 Å². The lowest BCUT2D eigenvalue weighted by atomic mass is 10.0. The molecule has 3 aromatic carbocycles. The zero-order chi connectivity index (χ0) is 21.9. The molecule has 1 fully saturated rings. The second-order valence-electron chi connectivity index (χ2n) is 8.12. The van der Waals surface area contributed by atoms with Crippen molar-refractivity contribution >= 4 is 29.0 Å². The number of benzene rings is 3. The molecular formula is C26H26N4O2. The van der Waals surface area contributed by atoms with Crippen molar-refractivity contribution in [2.45, 2.75) is 6.42 Å². The molecule has 2 heterocycles. The van der Waals surface area contributed by atoms with Gasteiger partial charge in [0.1, 0.15) is 0 Å². The third-order valence-corrected chi connectivity index (χ3v) is 6.22. The van der Waals surface area contributed by atoms with Crippen molar-refractivity contribution < 1.29 is 9.59 Å². The number of piperazine rings is 1. The number of nitrogens with one attached hydrogen (secondary N) is 1. The molecule has 3 amide bonds. The summed E-state index contributed by atoms with van der Waals surface area (Å²) in [6.45, 7) is 3.58. The summed E-state index contributed by atoms with van der Waals surface area (Å²) in [5.74, 6) is 0.0554. The predicted molar refractivity (Wildman–Crippen MR) is 128 cm³/mol. The van der Waals surface area contributed by atoms with Crippen LogP contribution in [0.4, 0.5) is 21.9 Å². The molecule has 0 saturated carbocycles. The van der Waals surface area contributed by atoms with Gasteiger partial charge in [0.25, 0.3) is 5.91 Å². The standard InChI is InChI=1S/C26H26N4O2/c31-25(29-18-16-28(17-19-29)21-10-5-2-6-11-21)23-12-7-13-24-22(23)14-15-30(24)26(32)27-20-8-3-1-4-9-20/h1-13H,14-19H2,(H,27,32). The fourth-order valence-corrected chi connectivity index (χ4v) is 4.53. The van der Waals surface area contributed by atoms with E-state index in [2.05, 4.69) is 22.3 Å².